The van der Waals surface area contributed by atoms with Gasteiger partial charge >= 0.3 is 0 Å². The first kappa shape index (κ1) is 11.9. The molecule has 2 rings (SSSR count). The van der Waals surface area contributed by atoms with Crippen LogP contribution in [-0.2, 0) is 0 Å². The zero-order valence-electron chi connectivity index (χ0n) is 10.9. The fourth-order valence-electron chi connectivity index (χ4n) is 3.24. The van der Waals surface area contributed by atoms with Crippen LogP contribution in [0.1, 0.15) is 33.1 Å². The third-order valence-corrected chi connectivity index (χ3v) is 4.23. The summed E-state index contributed by atoms with van der Waals surface area (Å²) in [6.45, 7) is 7.72. The van der Waals surface area contributed by atoms with Crippen LogP contribution in [0.15, 0.2) is 0 Å². The van der Waals surface area contributed by atoms with Crippen LogP contribution >= 0.6 is 0 Å². The summed E-state index contributed by atoms with van der Waals surface area (Å²) in [5, 5.41) is 8.11. The van der Waals surface area contributed by atoms with Crippen LogP contribution in [0.2, 0.25) is 0 Å². The van der Waals surface area contributed by atoms with Crippen molar-refractivity contribution in [2.75, 3.05) is 26.7 Å². The average molecular weight is 223 g/mol. The van der Waals surface area contributed by atoms with Crippen LogP contribution in [-0.4, -0.2) is 48.4 Å². The lowest BCUT2D eigenvalue weighted by atomic mass is 9.84. The van der Waals surface area contributed by atoms with Gasteiger partial charge in [-0.25, -0.2) is 0 Å². The zero-order valence-corrected chi connectivity index (χ0v) is 10.9. The van der Waals surface area contributed by atoms with Gasteiger partial charge in [-0.1, -0.05) is 13.8 Å². The van der Waals surface area contributed by atoms with E-state index >= 15 is 0 Å². The van der Waals surface area contributed by atoms with E-state index in [0.717, 1.165) is 30.9 Å². The molecule has 0 bridgehead atoms. The average Bonchev–Trinajstić information content (AvgIpc) is 2.28. The molecule has 2 atom stereocenters. The Labute approximate surface area is 99.3 Å². The summed E-state index contributed by atoms with van der Waals surface area (Å²) in [5.74, 6) is 2.01. The molecule has 2 unspecified atom stereocenters. The van der Waals surface area contributed by atoms with Crippen molar-refractivity contribution in [3.63, 3.8) is 0 Å². The second-order valence-corrected chi connectivity index (χ2v) is 5.72. The van der Waals surface area contributed by atoms with Crippen molar-refractivity contribution < 1.29 is 0 Å². The maximum atomic E-state index is 8.11. The monoisotopic (exact) mass is 223 g/mol. The largest absolute Gasteiger partial charge is 0.360 e. The summed E-state index contributed by atoms with van der Waals surface area (Å²) in [5.41, 5.74) is 0. The highest BCUT2D eigenvalue weighted by Gasteiger charge is 2.35. The van der Waals surface area contributed by atoms with Gasteiger partial charge in [-0.15, -0.1) is 0 Å². The van der Waals surface area contributed by atoms with Gasteiger partial charge in [0.05, 0.1) is 5.84 Å². The van der Waals surface area contributed by atoms with Gasteiger partial charge < -0.3 is 9.80 Å². The van der Waals surface area contributed by atoms with Crippen molar-refractivity contribution in [3.8, 4) is 0 Å². The predicted molar refractivity (Wildman–Crippen MR) is 67.9 cm³/mol. The molecular weight excluding hydrogens is 198 g/mol. The van der Waals surface area contributed by atoms with Crippen LogP contribution in [0, 0.1) is 17.2 Å². The van der Waals surface area contributed by atoms with Crippen molar-refractivity contribution in [1.29, 1.82) is 5.41 Å². The van der Waals surface area contributed by atoms with Gasteiger partial charge in [-0.2, -0.15) is 0 Å². The lowest BCUT2D eigenvalue weighted by molar-refractivity contribution is 0.0616. The maximum Gasteiger partial charge on any atom is 0.0983 e. The minimum absolute atomic E-state index is 0.373. The number of piperidine rings is 2. The Hall–Kier alpha value is -0.570. The molecule has 0 aromatic carbocycles. The van der Waals surface area contributed by atoms with Gasteiger partial charge in [0.1, 0.15) is 0 Å². The van der Waals surface area contributed by atoms with E-state index in [1.807, 2.05) is 0 Å². The SMILES string of the molecule is CC(C)C(=N)N1CCC2C(CCCN2C)C1. The number of hydrogen-bond acceptors (Lipinski definition) is 2. The highest BCUT2D eigenvalue weighted by Crippen LogP contribution is 2.30. The summed E-state index contributed by atoms with van der Waals surface area (Å²) in [6.07, 6.45) is 3.94. The topological polar surface area (TPSA) is 30.3 Å². The number of hydrogen-bond donors (Lipinski definition) is 1. The second-order valence-electron chi connectivity index (χ2n) is 5.72. The molecule has 2 aliphatic heterocycles. The molecule has 0 aliphatic carbocycles. The third-order valence-electron chi connectivity index (χ3n) is 4.23. The third kappa shape index (κ3) is 2.24. The van der Waals surface area contributed by atoms with Crippen LogP contribution < -0.4 is 0 Å². The molecule has 3 heteroatoms. The molecule has 0 spiro atoms. The summed E-state index contributed by atoms with van der Waals surface area (Å²) >= 11 is 0. The van der Waals surface area contributed by atoms with Crippen molar-refractivity contribution in [2.45, 2.75) is 39.2 Å². The zero-order chi connectivity index (χ0) is 11.7. The van der Waals surface area contributed by atoms with Crippen LogP contribution in [0.25, 0.3) is 0 Å². The summed E-state index contributed by atoms with van der Waals surface area (Å²) in [6, 6.07) is 0.782. The molecule has 2 fully saturated rings. The Balaban J connectivity index is 1.97. The molecule has 2 heterocycles. The van der Waals surface area contributed by atoms with E-state index in [2.05, 4.69) is 30.7 Å². The second kappa shape index (κ2) is 4.74. The molecule has 0 saturated carbocycles. The molecule has 0 amide bonds. The molecule has 3 nitrogen and oxygen atoms in total. The van der Waals surface area contributed by atoms with E-state index in [0.29, 0.717) is 5.92 Å². The molecule has 2 aliphatic rings. The Bertz CT molecular complexity index is 262. The summed E-state index contributed by atoms with van der Waals surface area (Å²) in [7, 11) is 2.26. The van der Waals surface area contributed by atoms with Crippen molar-refractivity contribution in [2.24, 2.45) is 11.8 Å². The number of nitrogens with zero attached hydrogens (tertiary/aromatic N) is 2. The van der Waals surface area contributed by atoms with Crippen molar-refractivity contribution in [1.82, 2.24) is 9.80 Å². The van der Waals surface area contributed by atoms with Gasteiger partial charge in [0.2, 0.25) is 0 Å². The minimum Gasteiger partial charge on any atom is -0.360 e. The normalized spacial score (nSPS) is 31.6. The van der Waals surface area contributed by atoms with Gasteiger partial charge in [0, 0.05) is 25.0 Å². The number of fused-ring (bicyclic) bond motifs is 1. The van der Waals surface area contributed by atoms with Crippen molar-refractivity contribution in [3.05, 3.63) is 0 Å². The van der Waals surface area contributed by atoms with E-state index in [-0.39, 0.29) is 0 Å². The van der Waals surface area contributed by atoms with Gasteiger partial charge in [-0.05, 0) is 38.8 Å². The summed E-state index contributed by atoms with van der Waals surface area (Å²) < 4.78 is 0. The lowest BCUT2D eigenvalue weighted by Gasteiger charge is -2.47. The van der Waals surface area contributed by atoms with Crippen LogP contribution in [0.4, 0.5) is 0 Å². The fraction of sp³-hybridized carbons (Fsp3) is 0.923. The van der Waals surface area contributed by atoms with E-state index < -0.39 is 0 Å². The quantitative estimate of drug-likeness (QED) is 0.544. The van der Waals surface area contributed by atoms with Crippen LogP contribution in [0.3, 0.4) is 0 Å². The molecule has 0 aromatic rings. The number of amidine groups is 1. The molecule has 0 radical (unpaired) electrons. The van der Waals surface area contributed by atoms with Gasteiger partial charge in [-0.3, -0.25) is 5.41 Å². The Morgan fingerprint density at radius 3 is 2.69 bits per heavy atom. The van der Waals surface area contributed by atoms with E-state index in [1.165, 1.54) is 25.8 Å². The first-order valence-electron chi connectivity index (χ1n) is 6.63. The van der Waals surface area contributed by atoms with Gasteiger partial charge in [0.25, 0.3) is 0 Å². The fourth-order valence-corrected chi connectivity index (χ4v) is 3.24. The van der Waals surface area contributed by atoms with E-state index in [9.17, 15) is 0 Å². The first-order valence-corrected chi connectivity index (χ1v) is 6.63. The highest BCUT2D eigenvalue weighted by atomic mass is 15.2. The number of nitrogens with one attached hydrogen (secondary N) is 1. The Kier molecular flexibility index (Phi) is 3.53. The lowest BCUT2D eigenvalue weighted by Crippen LogP contribution is -2.54. The Morgan fingerprint density at radius 1 is 1.25 bits per heavy atom. The number of rotatable bonds is 1. The molecule has 1 N–H and O–H groups in total. The standard InChI is InChI=1S/C13H25N3/c1-10(2)13(14)16-8-6-12-11(9-16)5-4-7-15(12)3/h10-12,14H,4-9H2,1-3H3. The van der Waals surface area contributed by atoms with Crippen LogP contribution in [0.5, 0.6) is 0 Å². The van der Waals surface area contributed by atoms with Crippen molar-refractivity contribution >= 4 is 5.84 Å². The predicted octanol–water partition coefficient (Wildman–Crippen LogP) is 2.04. The molecule has 16 heavy (non-hydrogen) atoms. The molecule has 92 valence electrons. The smallest absolute Gasteiger partial charge is 0.0983 e. The Morgan fingerprint density at radius 2 is 2.00 bits per heavy atom. The molecular formula is C13H25N3. The molecule has 2 saturated heterocycles. The molecule has 0 aromatic heterocycles. The minimum atomic E-state index is 0.373. The summed E-state index contributed by atoms with van der Waals surface area (Å²) in [4.78, 5) is 4.84. The van der Waals surface area contributed by atoms with E-state index in [1.54, 1.807) is 0 Å². The number of likely N-dealkylation sites (tertiary alicyclic amines) is 2. The maximum absolute atomic E-state index is 8.11. The van der Waals surface area contributed by atoms with Gasteiger partial charge in [0.15, 0.2) is 0 Å². The van der Waals surface area contributed by atoms with E-state index in [4.69, 9.17) is 5.41 Å². The highest BCUT2D eigenvalue weighted by molar-refractivity contribution is 5.81. The first-order chi connectivity index (χ1) is 7.59.